The SMILES string of the molecule is CC(CC(N)=NO)SC(C)C(C)C. The predicted molar refractivity (Wildman–Crippen MR) is 59.4 cm³/mol. The largest absolute Gasteiger partial charge is 0.409 e. The van der Waals surface area contributed by atoms with Gasteiger partial charge in [-0.1, -0.05) is 32.9 Å². The Morgan fingerprint density at radius 3 is 2.31 bits per heavy atom. The van der Waals surface area contributed by atoms with Crippen LogP contribution in [0.1, 0.15) is 34.1 Å². The van der Waals surface area contributed by atoms with E-state index in [0.717, 1.165) is 0 Å². The highest BCUT2D eigenvalue weighted by Crippen LogP contribution is 2.25. The predicted octanol–water partition coefficient (Wildman–Crippen LogP) is 2.29. The van der Waals surface area contributed by atoms with Gasteiger partial charge in [0.05, 0.1) is 0 Å². The molecule has 0 saturated heterocycles. The van der Waals surface area contributed by atoms with Crippen molar-refractivity contribution in [1.82, 2.24) is 0 Å². The van der Waals surface area contributed by atoms with Gasteiger partial charge in [-0.05, 0) is 5.92 Å². The smallest absolute Gasteiger partial charge is 0.140 e. The van der Waals surface area contributed by atoms with Crippen LogP contribution >= 0.6 is 11.8 Å². The number of hydrogen-bond donors (Lipinski definition) is 2. The first kappa shape index (κ1) is 12.6. The summed E-state index contributed by atoms with van der Waals surface area (Å²) in [6.45, 7) is 8.71. The van der Waals surface area contributed by atoms with Crippen molar-refractivity contribution < 1.29 is 5.21 Å². The molecule has 0 spiro atoms. The zero-order valence-corrected chi connectivity index (χ0v) is 9.64. The lowest BCUT2D eigenvalue weighted by Gasteiger charge is -2.19. The second-order valence-electron chi connectivity index (χ2n) is 3.69. The van der Waals surface area contributed by atoms with Gasteiger partial charge in [0.1, 0.15) is 5.84 Å². The fourth-order valence-corrected chi connectivity index (χ4v) is 2.22. The lowest BCUT2D eigenvalue weighted by atomic mass is 10.2. The van der Waals surface area contributed by atoms with Gasteiger partial charge in [-0.3, -0.25) is 0 Å². The molecule has 0 aliphatic rings. The third-order valence-corrected chi connectivity index (χ3v) is 3.62. The van der Waals surface area contributed by atoms with E-state index in [1.54, 1.807) is 0 Å². The van der Waals surface area contributed by atoms with E-state index in [1.165, 1.54) is 0 Å². The van der Waals surface area contributed by atoms with Crippen LogP contribution in [-0.4, -0.2) is 21.5 Å². The summed E-state index contributed by atoms with van der Waals surface area (Å²) in [5.41, 5.74) is 5.41. The first-order valence-corrected chi connectivity index (χ1v) is 5.53. The summed E-state index contributed by atoms with van der Waals surface area (Å²) in [5.74, 6) is 0.982. The number of nitrogens with zero attached hydrogens (tertiary/aromatic N) is 1. The van der Waals surface area contributed by atoms with E-state index in [0.29, 0.717) is 28.7 Å². The van der Waals surface area contributed by atoms with Gasteiger partial charge in [0.25, 0.3) is 0 Å². The van der Waals surface area contributed by atoms with Gasteiger partial charge in [-0.15, -0.1) is 0 Å². The van der Waals surface area contributed by atoms with Crippen molar-refractivity contribution in [2.75, 3.05) is 0 Å². The monoisotopic (exact) mass is 204 g/mol. The molecule has 0 aromatic heterocycles. The van der Waals surface area contributed by atoms with Gasteiger partial charge in [-0.2, -0.15) is 11.8 Å². The highest BCUT2D eigenvalue weighted by molar-refractivity contribution is 8.00. The molecule has 0 bridgehead atoms. The lowest BCUT2D eigenvalue weighted by Crippen LogP contribution is -2.19. The Labute approximate surface area is 84.8 Å². The summed E-state index contributed by atoms with van der Waals surface area (Å²) >= 11 is 1.88. The van der Waals surface area contributed by atoms with Gasteiger partial charge < -0.3 is 10.9 Å². The first-order chi connectivity index (χ1) is 5.97. The third kappa shape index (κ3) is 5.80. The molecule has 2 unspecified atom stereocenters. The van der Waals surface area contributed by atoms with Crippen LogP contribution in [0.3, 0.4) is 0 Å². The molecule has 0 heterocycles. The van der Waals surface area contributed by atoms with Gasteiger partial charge in [0.2, 0.25) is 0 Å². The second-order valence-corrected chi connectivity index (χ2v) is 5.51. The van der Waals surface area contributed by atoms with Crippen molar-refractivity contribution in [1.29, 1.82) is 0 Å². The van der Waals surface area contributed by atoms with Crippen LogP contribution in [0.5, 0.6) is 0 Å². The molecule has 78 valence electrons. The maximum absolute atomic E-state index is 8.38. The molecule has 0 rings (SSSR count). The van der Waals surface area contributed by atoms with Crippen molar-refractivity contribution in [3.8, 4) is 0 Å². The summed E-state index contributed by atoms with van der Waals surface area (Å²) in [6.07, 6.45) is 0.651. The minimum Gasteiger partial charge on any atom is -0.409 e. The fraction of sp³-hybridized carbons (Fsp3) is 0.889. The maximum atomic E-state index is 8.38. The average Bonchev–Trinajstić information content (AvgIpc) is 2.03. The molecule has 0 aromatic carbocycles. The lowest BCUT2D eigenvalue weighted by molar-refractivity contribution is 0.317. The number of thioether (sulfide) groups is 1. The van der Waals surface area contributed by atoms with Crippen LogP contribution in [0, 0.1) is 5.92 Å². The third-order valence-electron chi connectivity index (χ3n) is 2.01. The van der Waals surface area contributed by atoms with E-state index in [2.05, 4.69) is 32.9 Å². The summed E-state index contributed by atoms with van der Waals surface area (Å²) in [4.78, 5) is 0. The summed E-state index contributed by atoms with van der Waals surface area (Å²) in [7, 11) is 0. The molecule has 0 aliphatic carbocycles. The van der Waals surface area contributed by atoms with Gasteiger partial charge in [-0.25, -0.2) is 0 Å². The van der Waals surface area contributed by atoms with E-state index in [9.17, 15) is 0 Å². The Morgan fingerprint density at radius 2 is 1.92 bits per heavy atom. The molecule has 0 saturated carbocycles. The van der Waals surface area contributed by atoms with Crippen LogP contribution in [0.25, 0.3) is 0 Å². The molecular formula is C9H20N2OS. The Bertz CT molecular complexity index is 171. The maximum Gasteiger partial charge on any atom is 0.140 e. The van der Waals surface area contributed by atoms with E-state index < -0.39 is 0 Å². The molecule has 2 atom stereocenters. The molecule has 3 N–H and O–H groups in total. The zero-order valence-electron chi connectivity index (χ0n) is 8.82. The molecule has 0 fully saturated rings. The normalized spacial score (nSPS) is 17.5. The molecule has 3 nitrogen and oxygen atoms in total. The van der Waals surface area contributed by atoms with Crippen LogP contribution < -0.4 is 5.73 Å². The quantitative estimate of drug-likeness (QED) is 0.313. The Kier molecular flexibility index (Phi) is 5.95. The second kappa shape index (κ2) is 6.13. The number of rotatable bonds is 5. The Morgan fingerprint density at radius 1 is 1.38 bits per heavy atom. The van der Waals surface area contributed by atoms with Crippen LogP contribution in [0.2, 0.25) is 0 Å². The van der Waals surface area contributed by atoms with Crippen molar-refractivity contribution in [2.45, 2.75) is 44.6 Å². The molecule has 13 heavy (non-hydrogen) atoms. The summed E-state index contributed by atoms with van der Waals surface area (Å²) < 4.78 is 0. The molecule has 4 heteroatoms. The first-order valence-electron chi connectivity index (χ1n) is 4.59. The minimum absolute atomic E-state index is 0.316. The Hall–Kier alpha value is -0.380. The van der Waals surface area contributed by atoms with Crippen LogP contribution in [0.15, 0.2) is 5.16 Å². The van der Waals surface area contributed by atoms with Crippen molar-refractivity contribution >= 4 is 17.6 Å². The number of nitrogens with two attached hydrogens (primary N) is 1. The molecule has 0 aliphatic heterocycles. The average molecular weight is 204 g/mol. The van der Waals surface area contributed by atoms with E-state index >= 15 is 0 Å². The molecule has 0 aromatic rings. The topological polar surface area (TPSA) is 58.6 Å². The van der Waals surface area contributed by atoms with Gasteiger partial charge in [0, 0.05) is 16.9 Å². The molecule has 0 radical (unpaired) electrons. The minimum atomic E-state index is 0.316. The Balaban J connectivity index is 3.80. The van der Waals surface area contributed by atoms with E-state index in [-0.39, 0.29) is 0 Å². The van der Waals surface area contributed by atoms with Crippen molar-refractivity contribution in [3.63, 3.8) is 0 Å². The zero-order chi connectivity index (χ0) is 10.4. The van der Waals surface area contributed by atoms with Gasteiger partial charge in [0.15, 0.2) is 0 Å². The standard InChI is InChI=1S/C9H20N2OS/c1-6(2)8(4)13-7(3)5-9(10)11-12/h6-8,12H,5H2,1-4H3,(H2,10,11). The number of hydrogen-bond acceptors (Lipinski definition) is 3. The van der Waals surface area contributed by atoms with E-state index in [1.807, 2.05) is 11.8 Å². The summed E-state index contributed by atoms with van der Waals surface area (Å²) in [5, 5.41) is 12.4. The van der Waals surface area contributed by atoms with Gasteiger partial charge >= 0.3 is 0 Å². The van der Waals surface area contributed by atoms with Crippen molar-refractivity contribution in [2.24, 2.45) is 16.8 Å². The van der Waals surface area contributed by atoms with Crippen molar-refractivity contribution in [3.05, 3.63) is 0 Å². The molecule has 0 amide bonds. The number of amidine groups is 1. The molecular weight excluding hydrogens is 184 g/mol. The summed E-state index contributed by atoms with van der Waals surface area (Å²) in [6, 6.07) is 0. The van der Waals surface area contributed by atoms with Crippen LogP contribution in [-0.2, 0) is 0 Å². The van der Waals surface area contributed by atoms with E-state index in [4.69, 9.17) is 10.9 Å². The number of oxime groups is 1. The van der Waals surface area contributed by atoms with Crippen LogP contribution in [0.4, 0.5) is 0 Å². The highest BCUT2D eigenvalue weighted by Gasteiger charge is 2.13. The highest BCUT2D eigenvalue weighted by atomic mass is 32.2. The fourth-order valence-electron chi connectivity index (χ4n) is 0.907.